The predicted octanol–water partition coefficient (Wildman–Crippen LogP) is 3.13. The fraction of sp³-hybridized carbons (Fsp3) is 0.333. The second-order valence-corrected chi connectivity index (χ2v) is 7.97. The molecule has 2 heterocycles. The number of hydrazone groups is 1. The largest absolute Gasteiger partial charge is 0.467 e. The van der Waals surface area contributed by atoms with Crippen LogP contribution in [0.5, 0.6) is 0 Å². The summed E-state index contributed by atoms with van der Waals surface area (Å²) in [5.41, 5.74) is 1.96. The quantitative estimate of drug-likeness (QED) is 0.839. The van der Waals surface area contributed by atoms with Gasteiger partial charge in [0.2, 0.25) is 15.9 Å². The highest BCUT2D eigenvalue weighted by molar-refractivity contribution is 7.92. The highest BCUT2D eigenvalue weighted by Gasteiger charge is 2.34. The number of anilines is 1. The van der Waals surface area contributed by atoms with Crippen molar-refractivity contribution >= 4 is 27.3 Å². The van der Waals surface area contributed by atoms with Gasteiger partial charge in [-0.05, 0) is 36.8 Å². The first-order chi connectivity index (χ1) is 12.4. The number of hydrogen-bond acceptors (Lipinski definition) is 5. The summed E-state index contributed by atoms with van der Waals surface area (Å²) in [5, 5.41) is 5.94. The Morgan fingerprint density at radius 1 is 1.31 bits per heavy atom. The van der Waals surface area contributed by atoms with Crippen LogP contribution in [0.3, 0.4) is 0 Å². The topological polar surface area (TPSA) is 92.0 Å². The molecular formula is C18H21N3O4S. The number of furan rings is 1. The molecule has 0 aliphatic carbocycles. The molecule has 3 rings (SSSR count). The maximum absolute atomic E-state index is 12.3. The minimum Gasteiger partial charge on any atom is -0.467 e. The Labute approximate surface area is 152 Å². The van der Waals surface area contributed by atoms with Gasteiger partial charge in [0, 0.05) is 18.5 Å². The molecule has 0 fully saturated rings. The Hall–Kier alpha value is -2.61. The van der Waals surface area contributed by atoms with Crippen molar-refractivity contribution < 1.29 is 17.6 Å². The fourth-order valence-electron chi connectivity index (χ4n) is 2.79. The van der Waals surface area contributed by atoms with Gasteiger partial charge >= 0.3 is 0 Å². The van der Waals surface area contributed by atoms with Crippen molar-refractivity contribution in [3.8, 4) is 0 Å². The van der Waals surface area contributed by atoms with Crippen molar-refractivity contribution in [3.63, 3.8) is 0 Å². The molecule has 138 valence electrons. The first-order valence-electron chi connectivity index (χ1n) is 8.47. The van der Waals surface area contributed by atoms with E-state index in [1.165, 1.54) is 5.01 Å². The van der Waals surface area contributed by atoms with Crippen LogP contribution < -0.4 is 4.72 Å². The highest BCUT2D eigenvalue weighted by atomic mass is 32.2. The molecule has 1 unspecified atom stereocenters. The van der Waals surface area contributed by atoms with Gasteiger partial charge < -0.3 is 4.42 Å². The summed E-state index contributed by atoms with van der Waals surface area (Å²) >= 11 is 0. The maximum Gasteiger partial charge on any atom is 0.243 e. The van der Waals surface area contributed by atoms with Crippen molar-refractivity contribution in [1.82, 2.24) is 5.01 Å². The molecule has 2 aromatic rings. The molecular weight excluding hydrogens is 354 g/mol. The Morgan fingerprint density at radius 3 is 2.77 bits per heavy atom. The fourth-order valence-corrected chi connectivity index (χ4v) is 3.42. The summed E-state index contributed by atoms with van der Waals surface area (Å²) in [7, 11) is -3.36. The summed E-state index contributed by atoms with van der Waals surface area (Å²) in [6.07, 6.45) is 2.41. The number of benzene rings is 1. The van der Waals surface area contributed by atoms with Gasteiger partial charge in [-0.1, -0.05) is 19.1 Å². The number of nitrogens with one attached hydrogen (secondary N) is 1. The molecule has 1 aliphatic heterocycles. The number of amides is 1. The third-order valence-electron chi connectivity index (χ3n) is 4.19. The SMILES string of the molecule is CCC(=O)N1N=C(c2cccc(NS(=O)(=O)CC)c2)CC1c1ccco1. The molecule has 0 spiro atoms. The van der Waals surface area contributed by atoms with Gasteiger partial charge in [0.25, 0.3) is 0 Å². The average Bonchev–Trinajstić information content (AvgIpc) is 3.30. The van der Waals surface area contributed by atoms with Gasteiger partial charge in [-0.25, -0.2) is 13.4 Å². The summed E-state index contributed by atoms with van der Waals surface area (Å²) < 4.78 is 31.6. The number of carbonyl (C=O) groups is 1. The Bertz CT molecular complexity index is 920. The summed E-state index contributed by atoms with van der Waals surface area (Å²) in [4.78, 5) is 12.3. The number of rotatable bonds is 6. The lowest BCUT2D eigenvalue weighted by Crippen LogP contribution is -2.25. The van der Waals surface area contributed by atoms with Gasteiger partial charge in [-0.2, -0.15) is 5.10 Å². The van der Waals surface area contributed by atoms with Crippen LogP contribution in [0.4, 0.5) is 5.69 Å². The lowest BCUT2D eigenvalue weighted by Gasteiger charge is -2.18. The van der Waals surface area contributed by atoms with E-state index in [4.69, 9.17) is 4.42 Å². The van der Waals surface area contributed by atoms with Gasteiger partial charge in [0.15, 0.2) is 0 Å². The van der Waals surface area contributed by atoms with Gasteiger partial charge in [0.05, 0.1) is 17.7 Å². The van der Waals surface area contributed by atoms with E-state index in [2.05, 4.69) is 9.82 Å². The molecule has 7 nitrogen and oxygen atoms in total. The molecule has 8 heteroatoms. The van der Waals surface area contributed by atoms with Crippen molar-refractivity contribution in [3.05, 3.63) is 54.0 Å². The Kier molecular flexibility index (Phi) is 5.13. The molecule has 1 N–H and O–H groups in total. The molecule has 0 bridgehead atoms. The molecule has 1 amide bonds. The minimum atomic E-state index is -3.36. The second-order valence-electron chi connectivity index (χ2n) is 5.96. The molecule has 0 saturated carbocycles. The van der Waals surface area contributed by atoms with Crippen LogP contribution in [-0.4, -0.2) is 30.8 Å². The van der Waals surface area contributed by atoms with Crippen molar-refractivity contribution in [1.29, 1.82) is 0 Å². The van der Waals surface area contributed by atoms with E-state index >= 15 is 0 Å². The normalized spacial score (nSPS) is 17.2. The molecule has 1 aromatic heterocycles. The zero-order valence-corrected chi connectivity index (χ0v) is 15.5. The number of nitrogens with zero attached hydrogens (tertiary/aromatic N) is 2. The predicted molar refractivity (Wildman–Crippen MR) is 99.3 cm³/mol. The maximum atomic E-state index is 12.3. The van der Waals surface area contributed by atoms with Crippen LogP contribution in [0.1, 0.15) is 44.1 Å². The van der Waals surface area contributed by atoms with Crippen LogP contribution in [0.15, 0.2) is 52.2 Å². The summed E-state index contributed by atoms with van der Waals surface area (Å²) in [5.74, 6) is 0.579. The van der Waals surface area contributed by atoms with Crippen LogP contribution in [-0.2, 0) is 14.8 Å². The van der Waals surface area contributed by atoms with E-state index < -0.39 is 10.0 Å². The number of sulfonamides is 1. The lowest BCUT2D eigenvalue weighted by molar-refractivity contribution is -0.133. The first-order valence-corrected chi connectivity index (χ1v) is 10.1. The van der Waals surface area contributed by atoms with E-state index in [9.17, 15) is 13.2 Å². The first kappa shape index (κ1) is 18.2. The third-order valence-corrected chi connectivity index (χ3v) is 5.50. The van der Waals surface area contributed by atoms with Gasteiger partial charge in [-0.15, -0.1) is 0 Å². The molecule has 1 atom stereocenters. The number of carbonyl (C=O) groups excluding carboxylic acids is 1. The van der Waals surface area contributed by atoms with E-state index in [-0.39, 0.29) is 17.7 Å². The zero-order chi connectivity index (χ0) is 18.7. The van der Waals surface area contributed by atoms with Crippen LogP contribution in [0.2, 0.25) is 0 Å². The monoisotopic (exact) mass is 375 g/mol. The van der Waals surface area contributed by atoms with E-state index in [0.717, 1.165) is 5.56 Å². The second kappa shape index (κ2) is 7.33. The molecule has 0 radical (unpaired) electrons. The van der Waals surface area contributed by atoms with E-state index in [1.807, 2.05) is 12.1 Å². The van der Waals surface area contributed by atoms with Crippen molar-refractivity contribution in [2.45, 2.75) is 32.7 Å². The molecule has 0 saturated heterocycles. The lowest BCUT2D eigenvalue weighted by atomic mass is 10.0. The third kappa shape index (κ3) is 3.80. The average molecular weight is 375 g/mol. The van der Waals surface area contributed by atoms with E-state index in [1.54, 1.807) is 44.4 Å². The van der Waals surface area contributed by atoms with Crippen LogP contribution in [0.25, 0.3) is 0 Å². The van der Waals surface area contributed by atoms with Crippen LogP contribution >= 0.6 is 0 Å². The van der Waals surface area contributed by atoms with Gasteiger partial charge in [0.1, 0.15) is 11.8 Å². The standard InChI is InChI=1S/C18H21N3O4S/c1-3-18(22)21-16(17-9-6-10-25-17)12-15(19-21)13-7-5-8-14(11-13)20-26(23,24)4-2/h5-11,16,20H,3-4,12H2,1-2H3. The smallest absolute Gasteiger partial charge is 0.243 e. The molecule has 1 aliphatic rings. The summed E-state index contributed by atoms with van der Waals surface area (Å²) in [6.45, 7) is 3.37. The molecule has 26 heavy (non-hydrogen) atoms. The van der Waals surface area contributed by atoms with Gasteiger partial charge in [-0.3, -0.25) is 9.52 Å². The van der Waals surface area contributed by atoms with E-state index in [0.29, 0.717) is 30.0 Å². The number of hydrogen-bond donors (Lipinski definition) is 1. The Morgan fingerprint density at radius 2 is 2.12 bits per heavy atom. The summed E-state index contributed by atoms with van der Waals surface area (Å²) in [6, 6.07) is 10.3. The van der Waals surface area contributed by atoms with Crippen molar-refractivity contribution in [2.24, 2.45) is 5.10 Å². The highest BCUT2D eigenvalue weighted by Crippen LogP contribution is 2.33. The minimum absolute atomic E-state index is 0.00246. The van der Waals surface area contributed by atoms with Crippen molar-refractivity contribution in [2.75, 3.05) is 10.5 Å². The Balaban J connectivity index is 1.90. The molecule has 1 aromatic carbocycles. The zero-order valence-electron chi connectivity index (χ0n) is 14.7. The van der Waals surface area contributed by atoms with Crippen LogP contribution in [0, 0.1) is 0 Å².